The topological polar surface area (TPSA) is 102 Å². The van der Waals surface area contributed by atoms with E-state index < -0.39 is 0 Å². The van der Waals surface area contributed by atoms with Crippen LogP contribution in [0, 0.1) is 0 Å². The Morgan fingerprint density at radius 1 is 0.950 bits per heavy atom. The van der Waals surface area contributed by atoms with Gasteiger partial charge in [0.25, 0.3) is 0 Å². The first kappa shape index (κ1) is 12.3. The van der Waals surface area contributed by atoms with Gasteiger partial charge in [-0.2, -0.15) is 0 Å². The minimum absolute atomic E-state index is 0.424. The van der Waals surface area contributed by atoms with Gasteiger partial charge < -0.3 is 4.74 Å². The molecular weight excluding hydrogens is 258 g/mol. The molecule has 0 fully saturated rings. The van der Waals surface area contributed by atoms with Gasteiger partial charge in [0, 0.05) is 11.8 Å². The van der Waals surface area contributed by atoms with E-state index in [4.69, 9.17) is 4.74 Å². The summed E-state index contributed by atoms with van der Waals surface area (Å²) in [6, 6.07) is 7.73. The van der Waals surface area contributed by atoms with E-state index in [1.165, 1.54) is 6.33 Å². The number of aromatic amines is 1. The Bertz CT molecular complexity index is 639. The SMILES string of the molecule is c1nnc(-c2ccc(COCc3c[nH]nn3)cc2)nn1. The van der Waals surface area contributed by atoms with Crippen molar-refractivity contribution in [3.05, 3.63) is 48.0 Å². The predicted molar refractivity (Wildman–Crippen MR) is 67.9 cm³/mol. The maximum absolute atomic E-state index is 5.53. The minimum Gasteiger partial charge on any atom is -0.370 e. The van der Waals surface area contributed by atoms with Gasteiger partial charge in [0.1, 0.15) is 5.69 Å². The minimum atomic E-state index is 0.424. The van der Waals surface area contributed by atoms with Gasteiger partial charge in [-0.15, -0.1) is 25.5 Å². The van der Waals surface area contributed by atoms with Gasteiger partial charge in [-0.3, -0.25) is 5.10 Å². The molecule has 100 valence electrons. The molecule has 0 spiro atoms. The van der Waals surface area contributed by atoms with E-state index >= 15 is 0 Å². The summed E-state index contributed by atoms with van der Waals surface area (Å²) in [5.41, 5.74) is 2.69. The Morgan fingerprint density at radius 3 is 2.45 bits per heavy atom. The summed E-state index contributed by atoms with van der Waals surface area (Å²) in [6.07, 6.45) is 3.01. The Kier molecular flexibility index (Phi) is 3.65. The van der Waals surface area contributed by atoms with Crippen molar-refractivity contribution in [2.24, 2.45) is 0 Å². The number of rotatable bonds is 5. The second-order valence-corrected chi connectivity index (χ2v) is 4.02. The molecule has 0 bridgehead atoms. The van der Waals surface area contributed by atoms with E-state index in [0.29, 0.717) is 19.0 Å². The Morgan fingerprint density at radius 2 is 1.75 bits per heavy atom. The van der Waals surface area contributed by atoms with Crippen molar-refractivity contribution in [3.8, 4) is 11.4 Å². The van der Waals surface area contributed by atoms with E-state index in [2.05, 4.69) is 35.8 Å². The lowest BCUT2D eigenvalue weighted by Gasteiger charge is -2.03. The normalized spacial score (nSPS) is 10.6. The fraction of sp³-hybridized carbons (Fsp3) is 0.167. The maximum Gasteiger partial charge on any atom is 0.203 e. The number of ether oxygens (including phenoxy) is 1. The van der Waals surface area contributed by atoms with Crippen LogP contribution in [0.2, 0.25) is 0 Å². The molecule has 0 radical (unpaired) electrons. The van der Waals surface area contributed by atoms with Crippen LogP contribution >= 0.6 is 0 Å². The van der Waals surface area contributed by atoms with Crippen molar-refractivity contribution >= 4 is 0 Å². The fourth-order valence-electron chi connectivity index (χ4n) is 1.64. The molecule has 8 nitrogen and oxygen atoms in total. The third-order valence-corrected chi connectivity index (χ3v) is 2.61. The molecule has 8 heteroatoms. The van der Waals surface area contributed by atoms with Crippen LogP contribution in [0.15, 0.2) is 36.8 Å². The first-order chi connectivity index (χ1) is 9.92. The van der Waals surface area contributed by atoms with Gasteiger partial charge in [-0.25, -0.2) is 0 Å². The number of aromatic nitrogens is 7. The van der Waals surface area contributed by atoms with E-state index in [1.807, 2.05) is 24.3 Å². The fourth-order valence-corrected chi connectivity index (χ4v) is 1.64. The summed E-state index contributed by atoms with van der Waals surface area (Å²) < 4.78 is 5.53. The van der Waals surface area contributed by atoms with Crippen LogP contribution in [0.1, 0.15) is 11.3 Å². The molecule has 0 unspecified atom stereocenters. The first-order valence-electron chi connectivity index (χ1n) is 5.94. The molecule has 1 aromatic carbocycles. The zero-order valence-corrected chi connectivity index (χ0v) is 10.5. The molecule has 0 aliphatic heterocycles. The zero-order valence-electron chi connectivity index (χ0n) is 10.5. The van der Waals surface area contributed by atoms with E-state index in [0.717, 1.165) is 16.8 Å². The van der Waals surface area contributed by atoms with Crippen LogP contribution in [0.3, 0.4) is 0 Å². The molecule has 3 rings (SSSR count). The lowest BCUT2D eigenvalue weighted by Crippen LogP contribution is -1.96. The smallest absolute Gasteiger partial charge is 0.203 e. The summed E-state index contributed by atoms with van der Waals surface area (Å²) in [5, 5.41) is 25.3. The number of nitrogens with zero attached hydrogens (tertiary/aromatic N) is 6. The summed E-state index contributed by atoms with van der Waals surface area (Å²) >= 11 is 0. The quantitative estimate of drug-likeness (QED) is 0.729. The van der Waals surface area contributed by atoms with Gasteiger partial charge >= 0.3 is 0 Å². The molecular formula is C12H11N7O. The van der Waals surface area contributed by atoms with Gasteiger partial charge in [0.05, 0.1) is 13.2 Å². The largest absolute Gasteiger partial charge is 0.370 e. The first-order valence-corrected chi connectivity index (χ1v) is 5.94. The Hall–Kier alpha value is -2.74. The predicted octanol–water partition coefficient (Wildman–Crippen LogP) is 0.768. The second kappa shape index (κ2) is 5.93. The molecule has 1 N–H and O–H groups in total. The maximum atomic E-state index is 5.53. The third-order valence-electron chi connectivity index (χ3n) is 2.61. The van der Waals surface area contributed by atoms with Gasteiger partial charge in [0.2, 0.25) is 5.82 Å². The number of benzene rings is 1. The van der Waals surface area contributed by atoms with Crippen molar-refractivity contribution in [2.45, 2.75) is 13.2 Å². The number of H-pyrrole nitrogens is 1. The Balaban J connectivity index is 1.59. The average molecular weight is 269 g/mol. The molecule has 20 heavy (non-hydrogen) atoms. The number of hydrogen-bond acceptors (Lipinski definition) is 7. The second-order valence-electron chi connectivity index (χ2n) is 4.02. The average Bonchev–Trinajstić information content (AvgIpc) is 3.02. The van der Waals surface area contributed by atoms with Crippen LogP contribution in [0.4, 0.5) is 0 Å². The molecule has 0 atom stereocenters. The van der Waals surface area contributed by atoms with Crippen molar-refractivity contribution in [3.63, 3.8) is 0 Å². The number of nitrogens with one attached hydrogen (secondary N) is 1. The summed E-state index contributed by atoms with van der Waals surface area (Å²) in [7, 11) is 0. The highest BCUT2D eigenvalue weighted by Crippen LogP contribution is 2.14. The highest BCUT2D eigenvalue weighted by atomic mass is 16.5. The summed E-state index contributed by atoms with van der Waals surface area (Å²) in [5.74, 6) is 0.502. The van der Waals surface area contributed by atoms with Crippen LogP contribution in [-0.4, -0.2) is 35.8 Å². The molecule has 0 amide bonds. The molecule has 0 aliphatic carbocycles. The standard InChI is InChI=1S/C12H11N7O/c1-3-10(12-17-14-8-15-18-12)4-2-9(1)6-20-7-11-5-13-19-16-11/h1-5,8H,6-7H2,(H,13,16,19). The molecule has 2 heterocycles. The highest BCUT2D eigenvalue weighted by Gasteiger charge is 2.02. The molecule has 0 saturated carbocycles. The molecule has 3 aromatic rings. The van der Waals surface area contributed by atoms with E-state index in [-0.39, 0.29) is 0 Å². The lowest BCUT2D eigenvalue weighted by atomic mass is 10.1. The van der Waals surface area contributed by atoms with Crippen molar-refractivity contribution < 1.29 is 4.74 Å². The monoisotopic (exact) mass is 269 g/mol. The van der Waals surface area contributed by atoms with Gasteiger partial charge in [-0.1, -0.05) is 29.5 Å². The van der Waals surface area contributed by atoms with Crippen LogP contribution < -0.4 is 0 Å². The highest BCUT2D eigenvalue weighted by molar-refractivity contribution is 5.53. The summed E-state index contributed by atoms with van der Waals surface area (Å²) in [4.78, 5) is 0. The summed E-state index contributed by atoms with van der Waals surface area (Å²) in [6.45, 7) is 0.924. The van der Waals surface area contributed by atoms with E-state index in [1.54, 1.807) is 6.20 Å². The molecule has 0 saturated heterocycles. The van der Waals surface area contributed by atoms with Crippen molar-refractivity contribution in [1.82, 2.24) is 35.8 Å². The number of hydrogen-bond donors (Lipinski definition) is 1. The van der Waals surface area contributed by atoms with Crippen molar-refractivity contribution in [2.75, 3.05) is 0 Å². The van der Waals surface area contributed by atoms with Crippen LogP contribution in [-0.2, 0) is 18.0 Å². The van der Waals surface area contributed by atoms with E-state index in [9.17, 15) is 0 Å². The molecule has 2 aromatic heterocycles. The van der Waals surface area contributed by atoms with Crippen LogP contribution in [0.5, 0.6) is 0 Å². The molecule has 0 aliphatic rings. The van der Waals surface area contributed by atoms with Gasteiger partial charge in [-0.05, 0) is 5.56 Å². The zero-order chi connectivity index (χ0) is 13.6. The van der Waals surface area contributed by atoms with Gasteiger partial charge in [0.15, 0.2) is 6.33 Å². The Labute approximate surface area is 114 Å². The van der Waals surface area contributed by atoms with Crippen LogP contribution in [0.25, 0.3) is 11.4 Å². The van der Waals surface area contributed by atoms with Crippen molar-refractivity contribution in [1.29, 1.82) is 0 Å². The third kappa shape index (κ3) is 2.98. The lowest BCUT2D eigenvalue weighted by molar-refractivity contribution is 0.104.